The fourth-order valence-corrected chi connectivity index (χ4v) is 4.32. The van der Waals surface area contributed by atoms with Crippen LogP contribution in [0.1, 0.15) is 28.9 Å². The van der Waals surface area contributed by atoms with Crippen LogP contribution in [0.25, 0.3) is 27.7 Å². The first-order valence-electron chi connectivity index (χ1n) is 12.0. The molecule has 2 aromatic carbocycles. The predicted molar refractivity (Wildman–Crippen MR) is 141 cm³/mol. The quantitative estimate of drug-likeness (QED) is 0.263. The van der Waals surface area contributed by atoms with Crippen LogP contribution in [0, 0.1) is 5.82 Å². The van der Waals surface area contributed by atoms with Crippen molar-refractivity contribution in [2.75, 3.05) is 18.5 Å². The van der Waals surface area contributed by atoms with Crippen molar-refractivity contribution in [2.24, 2.45) is 7.05 Å². The lowest BCUT2D eigenvalue weighted by molar-refractivity contribution is 0.0941. The molecule has 5 rings (SSSR count). The van der Waals surface area contributed by atoms with Gasteiger partial charge < -0.3 is 20.3 Å². The molecule has 3 heterocycles. The number of anilines is 1. The van der Waals surface area contributed by atoms with Gasteiger partial charge in [0.05, 0.1) is 18.2 Å². The van der Waals surface area contributed by atoms with Gasteiger partial charge in [0.25, 0.3) is 11.9 Å². The van der Waals surface area contributed by atoms with Crippen LogP contribution in [0.2, 0.25) is 0 Å². The molecule has 0 saturated heterocycles. The van der Waals surface area contributed by atoms with Crippen LogP contribution in [0.15, 0.2) is 67.0 Å². The molecule has 11 heteroatoms. The number of carbonyl (C=O) groups is 2. The summed E-state index contributed by atoms with van der Waals surface area (Å²) in [6, 6.07) is 14.8. The number of halogens is 1. The van der Waals surface area contributed by atoms with E-state index in [2.05, 4.69) is 26.0 Å². The number of rotatable bonds is 7. The zero-order chi connectivity index (χ0) is 26.8. The van der Waals surface area contributed by atoms with Crippen molar-refractivity contribution in [3.8, 4) is 11.1 Å². The molecule has 0 spiro atoms. The number of aliphatic hydroxyl groups is 1. The fourth-order valence-electron chi connectivity index (χ4n) is 4.32. The summed E-state index contributed by atoms with van der Waals surface area (Å²) in [5.74, 6) is -0.481. The molecule has 3 aromatic heterocycles. The maximum absolute atomic E-state index is 13.6. The highest BCUT2D eigenvalue weighted by Crippen LogP contribution is 2.29. The molecule has 0 aliphatic heterocycles. The lowest BCUT2D eigenvalue weighted by atomic mass is 10.0. The minimum atomic E-state index is -0.512. The second-order valence-electron chi connectivity index (χ2n) is 8.89. The number of aliphatic hydroxyl groups excluding tert-OH is 1. The maximum atomic E-state index is 13.6. The van der Waals surface area contributed by atoms with Gasteiger partial charge in [0.2, 0.25) is 0 Å². The van der Waals surface area contributed by atoms with E-state index in [4.69, 9.17) is 5.11 Å². The number of aromatic nitrogens is 4. The highest BCUT2D eigenvalue weighted by Gasteiger charge is 2.18. The summed E-state index contributed by atoms with van der Waals surface area (Å²) in [7, 11) is 1.88. The van der Waals surface area contributed by atoms with E-state index in [9.17, 15) is 14.0 Å². The highest BCUT2D eigenvalue weighted by molar-refractivity contribution is 6.08. The summed E-state index contributed by atoms with van der Waals surface area (Å²) in [6.45, 7) is 1.77. The average molecular weight is 516 g/mol. The van der Waals surface area contributed by atoms with Crippen molar-refractivity contribution in [3.05, 3.63) is 83.9 Å². The van der Waals surface area contributed by atoms with Gasteiger partial charge in [0, 0.05) is 36.9 Å². The minimum Gasteiger partial charge on any atom is -0.395 e. The Balaban J connectivity index is 1.42. The summed E-state index contributed by atoms with van der Waals surface area (Å²) in [4.78, 5) is 29.4. The SMILES string of the molecule is C[C@H](NC(=O)c1cn(C)c2ccc(-c3ccn4nc(NC(=O)NCCO)nc4c3)cc12)c1cccc(F)c1. The number of amides is 3. The third-order valence-electron chi connectivity index (χ3n) is 6.22. The number of fused-ring (bicyclic) bond motifs is 2. The Kier molecular flexibility index (Phi) is 6.75. The van der Waals surface area contributed by atoms with Crippen molar-refractivity contribution in [1.82, 2.24) is 29.8 Å². The number of nitrogens with one attached hydrogen (secondary N) is 3. The second kappa shape index (κ2) is 10.3. The van der Waals surface area contributed by atoms with Crippen LogP contribution < -0.4 is 16.0 Å². The zero-order valence-corrected chi connectivity index (χ0v) is 20.8. The summed E-state index contributed by atoms with van der Waals surface area (Å²) >= 11 is 0. The van der Waals surface area contributed by atoms with E-state index in [-0.39, 0.29) is 36.9 Å². The summed E-state index contributed by atoms with van der Waals surface area (Å²) < 4.78 is 17.1. The molecule has 3 amide bonds. The smallest absolute Gasteiger partial charge is 0.321 e. The average Bonchev–Trinajstić information content (AvgIpc) is 3.46. The molecule has 0 unspecified atom stereocenters. The Morgan fingerprint density at radius 3 is 2.71 bits per heavy atom. The fraction of sp³-hybridized carbons (Fsp3) is 0.185. The molecule has 0 radical (unpaired) electrons. The Hall–Kier alpha value is -4.77. The van der Waals surface area contributed by atoms with Gasteiger partial charge in [-0.2, -0.15) is 4.98 Å². The summed E-state index contributed by atoms with van der Waals surface area (Å²) in [5, 5.41) is 21.8. The van der Waals surface area contributed by atoms with Gasteiger partial charge in [-0.1, -0.05) is 18.2 Å². The maximum Gasteiger partial charge on any atom is 0.321 e. The molecule has 4 N–H and O–H groups in total. The Morgan fingerprint density at radius 1 is 1.11 bits per heavy atom. The molecule has 38 heavy (non-hydrogen) atoms. The van der Waals surface area contributed by atoms with Gasteiger partial charge in [-0.15, -0.1) is 5.10 Å². The third-order valence-corrected chi connectivity index (χ3v) is 6.22. The third kappa shape index (κ3) is 5.04. The van der Waals surface area contributed by atoms with Gasteiger partial charge in [-0.05, 0) is 60.0 Å². The van der Waals surface area contributed by atoms with E-state index in [1.165, 1.54) is 12.1 Å². The second-order valence-corrected chi connectivity index (χ2v) is 8.89. The number of urea groups is 1. The molecule has 1 atom stereocenters. The molecule has 194 valence electrons. The molecular weight excluding hydrogens is 489 g/mol. The number of benzene rings is 2. The summed E-state index contributed by atoms with van der Waals surface area (Å²) in [6.07, 6.45) is 3.52. The number of hydrogen-bond acceptors (Lipinski definition) is 5. The lowest BCUT2D eigenvalue weighted by Gasteiger charge is -2.14. The molecule has 0 fully saturated rings. The first-order chi connectivity index (χ1) is 18.3. The van der Waals surface area contributed by atoms with Crippen LogP contribution in [-0.2, 0) is 7.05 Å². The van der Waals surface area contributed by atoms with E-state index >= 15 is 0 Å². The monoisotopic (exact) mass is 515 g/mol. The van der Waals surface area contributed by atoms with E-state index < -0.39 is 6.03 Å². The van der Waals surface area contributed by atoms with E-state index in [0.29, 0.717) is 16.8 Å². The number of carbonyl (C=O) groups excluding carboxylic acids is 2. The molecule has 0 saturated carbocycles. The standard InChI is InChI=1S/C27H26FN7O3/c1-16(17-4-3-5-20(28)12-17)30-25(37)22-15-34(2)23-7-6-18(13-21(22)23)19-8-10-35-24(14-19)31-26(33-35)32-27(38)29-9-11-36/h3-8,10,12-16,36H,9,11H2,1-2H3,(H,30,37)(H2,29,32,33,38)/t16-/m0/s1. The van der Waals surface area contributed by atoms with Crippen molar-refractivity contribution in [1.29, 1.82) is 0 Å². The van der Waals surface area contributed by atoms with Crippen molar-refractivity contribution < 1.29 is 19.1 Å². The number of pyridine rings is 1. The Bertz CT molecular complexity index is 1660. The predicted octanol–water partition coefficient (Wildman–Crippen LogP) is 3.63. The highest BCUT2D eigenvalue weighted by atomic mass is 19.1. The lowest BCUT2D eigenvalue weighted by Crippen LogP contribution is -2.31. The van der Waals surface area contributed by atoms with Gasteiger partial charge >= 0.3 is 6.03 Å². The van der Waals surface area contributed by atoms with Crippen molar-refractivity contribution >= 4 is 34.4 Å². The van der Waals surface area contributed by atoms with Crippen LogP contribution in [0.5, 0.6) is 0 Å². The van der Waals surface area contributed by atoms with E-state index in [1.807, 2.05) is 48.9 Å². The van der Waals surface area contributed by atoms with Gasteiger partial charge in [0.15, 0.2) is 5.65 Å². The van der Waals surface area contributed by atoms with Gasteiger partial charge in [-0.3, -0.25) is 10.1 Å². The molecule has 5 aromatic rings. The molecule has 0 aliphatic rings. The molecule has 0 bridgehead atoms. The minimum absolute atomic E-state index is 0.120. The molecule has 10 nitrogen and oxygen atoms in total. The largest absolute Gasteiger partial charge is 0.395 e. The molecular formula is C27H26FN7O3. The van der Waals surface area contributed by atoms with Crippen LogP contribution in [0.4, 0.5) is 15.1 Å². The van der Waals surface area contributed by atoms with Crippen LogP contribution in [-0.4, -0.2) is 49.4 Å². The van der Waals surface area contributed by atoms with E-state index in [1.54, 1.807) is 29.0 Å². The number of nitrogens with zero attached hydrogens (tertiary/aromatic N) is 4. The first-order valence-corrected chi connectivity index (χ1v) is 12.0. The Morgan fingerprint density at radius 2 is 1.92 bits per heavy atom. The normalized spacial score (nSPS) is 12.0. The number of hydrogen-bond donors (Lipinski definition) is 4. The van der Waals surface area contributed by atoms with Gasteiger partial charge in [0.1, 0.15) is 5.82 Å². The topological polar surface area (TPSA) is 126 Å². The van der Waals surface area contributed by atoms with E-state index in [0.717, 1.165) is 22.0 Å². The van der Waals surface area contributed by atoms with Crippen LogP contribution in [0.3, 0.4) is 0 Å². The van der Waals surface area contributed by atoms with Crippen molar-refractivity contribution in [3.63, 3.8) is 0 Å². The molecule has 0 aliphatic carbocycles. The number of aryl methyl sites for hydroxylation is 1. The van der Waals surface area contributed by atoms with Gasteiger partial charge in [-0.25, -0.2) is 13.7 Å². The zero-order valence-electron chi connectivity index (χ0n) is 20.8. The van der Waals surface area contributed by atoms with Crippen molar-refractivity contribution in [2.45, 2.75) is 13.0 Å². The Labute approximate surface area is 217 Å². The summed E-state index contributed by atoms with van der Waals surface area (Å²) in [5.41, 5.74) is 4.33. The van der Waals surface area contributed by atoms with Crippen LogP contribution >= 0.6 is 0 Å². The first kappa shape index (κ1) is 24.9.